The third-order valence-electron chi connectivity index (χ3n) is 1.80. The van der Waals surface area contributed by atoms with Crippen molar-refractivity contribution in [3.8, 4) is 5.75 Å². The average molecular weight is 215 g/mol. The van der Waals surface area contributed by atoms with E-state index in [1.165, 1.54) is 0 Å². The molecule has 13 heavy (non-hydrogen) atoms. The quantitative estimate of drug-likeness (QED) is 0.531. The van der Waals surface area contributed by atoms with Gasteiger partial charge in [0.2, 0.25) is 11.8 Å². The van der Waals surface area contributed by atoms with Gasteiger partial charge in [0.05, 0.1) is 5.56 Å². The largest absolute Gasteiger partial charge is 0.428 e. The van der Waals surface area contributed by atoms with Crippen LogP contribution in [-0.4, -0.2) is 7.11 Å². The van der Waals surface area contributed by atoms with E-state index in [0.29, 0.717) is 5.75 Å². The highest BCUT2D eigenvalue weighted by molar-refractivity contribution is 8.02. The van der Waals surface area contributed by atoms with E-state index in [1.54, 1.807) is 7.11 Å². The number of fused-ring (bicyclic) bond motifs is 1. The maximum absolute atomic E-state index is 5.25. The van der Waals surface area contributed by atoms with E-state index in [-0.39, 0.29) is 5.85 Å². The van der Waals surface area contributed by atoms with Gasteiger partial charge >= 0.3 is 6.92 Å². The Bertz CT molecular complexity index is 342. The second kappa shape index (κ2) is 3.68. The van der Waals surface area contributed by atoms with Crippen molar-refractivity contribution in [3.63, 3.8) is 0 Å². The smallest absolute Gasteiger partial charge is 0.334 e. The summed E-state index contributed by atoms with van der Waals surface area (Å²) in [5, 5.41) is 0. The van der Waals surface area contributed by atoms with E-state index in [9.17, 15) is 0 Å². The minimum absolute atomic E-state index is 0.157. The van der Waals surface area contributed by atoms with Gasteiger partial charge in [0.15, 0.2) is 5.75 Å². The van der Waals surface area contributed by atoms with Gasteiger partial charge in [0.25, 0.3) is 5.85 Å². The van der Waals surface area contributed by atoms with Crippen LogP contribution in [0.25, 0.3) is 0 Å². The van der Waals surface area contributed by atoms with Crippen molar-refractivity contribution in [1.29, 1.82) is 0 Å². The van der Waals surface area contributed by atoms with Gasteiger partial charge in [-0.15, -0.1) is 0 Å². The van der Waals surface area contributed by atoms with Crippen molar-refractivity contribution in [3.05, 3.63) is 29.8 Å². The van der Waals surface area contributed by atoms with Gasteiger partial charge in [0.1, 0.15) is 0 Å². The minimum Gasteiger partial charge on any atom is -0.334 e. The molecule has 0 spiro atoms. The van der Waals surface area contributed by atoms with Crippen LogP contribution < -0.4 is 4.89 Å². The van der Waals surface area contributed by atoms with E-state index >= 15 is 0 Å². The molecule has 3 nitrogen and oxygen atoms in total. The second-order valence-electron chi connectivity index (χ2n) is 2.57. The van der Waals surface area contributed by atoms with Crippen molar-refractivity contribution in [1.82, 2.24) is 0 Å². The highest BCUT2D eigenvalue weighted by Gasteiger charge is 2.38. The Balaban J connectivity index is 2.45. The summed E-state index contributed by atoms with van der Waals surface area (Å²) < 4.78 is 10.2. The molecule has 1 heterocycles. The number of rotatable bonds is 1. The van der Waals surface area contributed by atoms with Gasteiger partial charge in [-0.25, -0.2) is 0 Å². The summed E-state index contributed by atoms with van der Waals surface area (Å²) in [7, 11) is 1.62. The highest BCUT2D eigenvalue weighted by atomic mass is 32.4. The third-order valence-corrected chi connectivity index (χ3v) is 3.65. The zero-order valence-corrected chi connectivity index (χ0v) is 8.68. The lowest BCUT2D eigenvalue weighted by atomic mass is 10.2. The minimum atomic E-state index is -1.10. The van der Waals surface area contributed by atoms with Gasteiger partial charge in [-0.2, -0.15) is 0 Å². The standard InChI is InChI=1S/C8H8O3PS/c1-9-8-6-4-2-3-5-7(6)10-11-12(8)13/h2-5,8H,1H3/q+1. The van der Waals surface area contributed by atoms with E-state index in [0.717, 1.165) is 5.56 Å². The van der Waals surface area contributed by atoms with Crippen LogP contribution >= 0.6 is 6.92 Å². The number of ether oxygens (including phenoxy) is 1. The van der Waals surface area contributed by atoms with Crippen LogP contribution in [0.1, 0.15) is 11.4 Å². The summed E-state index contributed by atoms with van der Waals surface area (Å²) >= 11 is 5.08. The predicted molar refractivity (Wildman–Crippen MR) is 52.2 cm³/mol. The molecule has 1 aromatic carbocycles. The van der Waals surface area contributed by atoms with Crippen molar-refractivity contribution in [2.24, 2.45) is 0 Å². The van der Waals surface area contributed by atoms with Gasteiger partial charge in [-0.1, -0.05) is 12.1 Å². The predicted octanol–water partition coefficient (Wildman–Crippen LogP) is 2.51. The van der Waals surface area contributed by atoms with Crippen molar-refractivity contribution in [2.45, 2.75) is 5.85 Å². The fourth-order valence-corrected chi connectivity index (χ4v) is 2.74. The first-order valence-electron chi connectivity index (χ1n) is 3.75. The SMILES string of the molecule is COC1c2ccccc2OO[P+]1=S. The summed E-state index contributed by atoms with van der Waals surface area (Å²) in [4.78, 5) is 5.01. The second-order valence-corrected chi connectivity index (χ2v) is 4.84. The highest BCUT2D eigenvalue weighted by Crippen LogP contribution is 2.49. The Morgan fingerprint density at radius 3 is 3.00 bits per heavy atom. The lowest BCUT2D eigenvalue weighted by Crippen LogP contribution is -2.08. The molecule has 0 fully saturated rings. The number of benzene rings is 1. The number of para-hydroxylation sites is 1. The summed E-state index contributed by atoms with van der Waals surface area (Å²) in [5.74, 6) is 0.535. The molecule has 0 aliphatic carbocycles. The molecule has 0 bridgehead atoms. The van der Waals surface area contributed by atoms with Crippen LogP contribution in [0.4, 0.5) is 0 Å². The Labute approximate surface area is 82.0 Å². The molecule has 0 aromatic heterocycles. The van der Waals surface area contributed by atoms with E-state index in [4.69, 9.17) is 26.1 Å². The zero-order valence-electron chi connectivity index (χ0n) is 6.97. The number of methoxy groups -OCH3 is 1. The Morgan fingerprint density at radius 1 is 1.46 bits per heavy atom. The maximum atomic E-state index is 5.25. The molecular weight excluding hydrogens is 207 g/mol. The molecule has 5 heteroatoms. The van der Waals surface area contributed by atoms with Gasteiger partial charge in [0, 0.05) is 11.8 Å². The van der Waals surface area contributed by atoms with Crippen molar-refractivity contribution in [2.75, 3.05) is 7.11 Å². The Morgan fingerprint density at radius 2 is 2.23 bits per heavy atom. The molecule has 2 unspecified atom stereocenters. The fourth-order valence-electron chi connectivity index (χ4n) is 1.20. The van der Waals surface area contributed by atoms with E-state index in [2.05, 4.69) is 0 Å². The molecule has 0 saturated carbocycles. The summed E-state index contributed by atoms with van der Waals surface area (Å²) in [6.45, 7) is -1.10. The van der Waals surface area contributed by atoms with Crippen molar-refractivity contribution < 1.29 is 14.3 Å². The molecule has 1 aliphatic heterocycles. The number of hydrogen-bond donors (Lipinski definition) is 0. The normalized spacial score (nSPS) is 23.5. The molecule has 0 N–H and O–H groups in total. The van der Waals surface area contributed by atoms with Gasteiger partial charge < -0.3 is 4.74 Å². The molecule has 68 valence electrons. The van der Waals surface area contributed by atoms with Crippen LogP contribution in [-0.2, 0) is 21.2 Å². The molecule has 1 aliphatic rings. The third kappa shape index (κ3) is 1.58. The summed E-state index contributed by atoms with van der Waals surface area (Å²) in [6, 6.07) is 7.58. The van der Waals surface area contributed by atoms with Gasteiger partial charge in [-0.3, -0.25) is 4.89 Å². The van der Waals surface area contributed by atoms with Crippen LogP contribution in [0, 0.1) is 0 Å². The lowest BCUT2D eigenvalue weighted by molar-refractivity contribution is -0.100. The van der Waals surface area contributed by atoms with Crippen molar-refractivity contribution >= 4 is 18.7 Å². The van der Waals surface area contributed by atoms with E-state index in [1.807, 2.05) is 24.3 Å². The Kier molecular flexibility index (Phi) is 2.56. The first-order chi connectivity index (χ1) is 6.33. The zero-order chi connectivity index (χ0) is 9.26. The molecule has 2 atom stereocenters. The molecule has 0 radical (unpaired) electrons. The van der Waals surface area contributed by atoms with E-state index < -0.39 is 6.92 Å². The first kappa shape index (κ1) is 9.03. The molecule has 2 rings (SSSR count). The number of hydrogen-bond acceptors (Lipinski definition) is 4. The van der Waals surface area contributed by atoms with Crippen LogP contribution in [0.2, 0.25) is 0 Å². The topological polar surface area (TPSA) is 27.7 Å². The van der Waals surface area contributed by atoms with Crippen LogP contribution in [0.3, 0.4) is 0 Å². The Hall–Kier alpha value is -0.540. The fraction of sp³-hybridized carbons (Fsp3) is 0.250. The van der Waals surface area contributed by atoms with Gasteiger partial charge in [-0.05, 0) is 12.1 Å². The molecule has 1 aromatic rings. The molecule has 0 amide bonds. The molecule has 0 saturated heterocycles. The lowest BCUT2D eigenvalue weighted by Gasteiger charge is -2.14. The van der Waals surface area contributed by atoms with Crippen LogP contribution in [0.5, 0.6) is 5.75 Å². The maximum Gasteiger partial charge on any atom is 0.428 e. The summed E-state index contributed by atoms with van der Waals surface area (Å²) in [5.41, 5.74) is 0.970. The first-order valence-corrected chi connectivity index (χ1v) is 6.10. The molecular formula is C8H8O3PS+. The average Bonchev–Trinajstić information content (AvgIpc) is 2.18. The monoisotopic (exact) mass is 215 g/mol. The van der Waals surface area contributed by atoms with Crippen LogP contribution in [0.15, 0.2) is 24.3 Å². The summed E-state index contributed by atoms with van der Waals surface area (Å²) in [6.07, 6.45) is 0.